The van der Waals surface area contributed by atoms with Crippen molar-refractivity contribution < 1.29 is 4.79 Å². The monoisotopic (exact) mass is 289 g/mol. The van der Waals surface area contributed by atoms with Crippen LogP contribution in [0.1, 0.15) is 55.2 Å². The Kier molecular flexibility index (Phi) is 4.34. The molecule has 1 aromatic rings. The molecule has 1 fully saturated rings. The summed E-state index contributed by atoms with van der Waals surface area (Å²) in [4.78, 5) is 14.6. The molecule has 1 saturated heterocycles. The molecule has 0 unspecified atom stereocenters. The molecular weight excluding hydrogens is 262 g/mol. The van der Waals surface area contributed by atoms with E-state index in [0.717, 1.165) is 44.8 Å². The van der Waals surface area contributed by atoms with E-state index in [2.05, 4.69) is 29.8 Å². The van der Waals surface area contributed by atoms with Gasteiger partial charge in [-0.2, -0.15) is 0 Å². The van der Waals surface area contributed by atoms with Crippen LogP contribution in [0.15, 0.2) is 12.1 Å². The van der Waals surface area contributed by atoms with Crippen LogP contribution < -0.4 is 5.32 Å². The number of carbonyl (C=O) groups excluding carboxylic acids is 1. The first-order chi connectivity index (χ1) is 10.2. The summed E-state index contributed by atoms with van der Waals surface area (Å²) in [5.41, 5.74) is 2.28. The van der Waals surface area contributed by atoms with Gasteiger partial charge in [-0.3, -0.25) is 4.79 Å². The molecule has 116 valence electrons. The van der Waals surface area contributed by atoms with Gasteiger partial charge in [-0.1, -0.05) is 13.8 Å². The summed E-state index contributed by atoms with van der Waals surface area (Å²) in [5.74, 6) is 1.49. The minimum absolute atomic E-state index is 0.224. The van der Waals surface area contributed by atoms with Gasteiger partial charge in [0.15, 0.2) is 0 Å². The first-order valence-corrected chi connectivity index (χ1v) is 8.36. The van der Waals surface area contributed by atoms with E-state index in [9.17, 15) is 4.79 Å². The quantitative estimate of drug-likeness (QED) is 0.924. The summed E-state index contributed by atoms with van der Waals surface area (Å²) in [5, 5.41) is 3.42. The van der Waals surface area contributed by atoms with Crippen LogP contribution >= 0.6 is 0 Å². The van der Waals surface area contributed by atoms with E-state index in [-0.39, 0.29) is 5.91 Å². The van der Waals surface area contributed by atoms with Crippen molar-refractivity contribution in [1.82, 2.24) is 14.8 Å². The lowest BCUT2D eigenvalue weighted by Gasteiger charge is -2.32. The number of amides is 1. The molecule has 0 atom stereocenters. The lowest BCUT2D eigenvalue weighted by Crippen LogP contribution is -2.41. The lowest BCUT2D eigenvalue weighted by atomic mass is 9.94. The van der Waals surface area contributed by atoms with Crippen molar-refractivity contribution >= 4 is 5.91 Å². The minimum atomic E-state index is 0.224. The van der Waals surface area contributed by atoms with Crippen molar-refractivity contribution in [3.05, 3.63) is 23.5 Å². The molecule has 0 spiro atoms. The number of nitrogens with one attached hydrogen (secondary N) is 1. The van der Waals surface area contributed by atoms with Gasteiger partial charge in [-0.05, 0) is 50.4 Å². The third-order valence-electron chi connectivity index (χ3n) is 4.85. The second kappa shape index (κ2) is 6.22. The summed E-state index contributed by atoms with van der Waals surface area (Å²) in [6, 6.07) is 4.23. The Bertz CT molecular complexity index is 500. The molecule has 3 rings (SSSR count). The maximum absolute atomic E-state index is 12.6. The van der Waals surface area contributed by atoms with E-state index in [0.29, 0.717) is 11.8 Å². The highest BCUT2D eigenvalue weighted by atomic mass is 16.2. The van der Waals surface area contributed by atoms with Crippen molar-refractivity contribution in [1.29, 1.82) is 0 Å². The molecule has 1 aromatic heterocycles. The molecule has 2 aliphatic heterocycles. The molecule has 0 saturated carbocycles. The van der Waals surface area contributed by atoms with E-state index >= 15 is 0 Å². The predicted molar refractivity (Wildman–Crippen MR) is 84.6 cm³/mol. The van der Waals surface area contributed by atoms with E-state index < -0.39 is 0 Å². The zero-order chi connectivity index (χ0) is 14.8. The fourth-order valence-corrected chi connectivity index (χ4v) is 3.51. The zero-order valence-corrected chi connectivity index (χ0v) is 13.3. The van der Waals surface area contributed by atoms with Crippen LogP contribution in [0, 0.1) is 5.92 Å². The van der Waals surface area contributed by atoms with E-state index in [1.807, 2.05) is 11.0 Å². The van der Waals surface area contributed by atoms with Crippen molar-refractivity contribution in [3.63, 3.8) is 0 Å². The number of aromatic nitrogens is 1. The van der Waals surface area contributed by atoms with Crippen LogP contribution in [-0.2, 0) is 6.54 Å². The summed E-state index contributed by atoms with van der Waals surface area (Å²) < 4.78 is 2.28. The number of carbonyl (C=O) groups is 1. The maximum atomic E-state index is 12.6. The Balaban J connectivity index is 1.74. The van der Waals surface area contributed by atoms with Crippen molar-refractivity contribution in [2.24, 2.45) is 5.92 Å². The molecule has 0 radical (unpaired) electrons. The third-order valence-corrected chi connectivity index (χ3v) is 4.85. The highest BCUT2D eigenvalue weighted by Crippen LogP contribution is 2.29. The third kappa shape index (κ3) is 3.00. The SMILES string of the molecule is CC(C)CCN1CCn2c(ccc2C2CCNCC2)C1=O. The number of fused-ring (bicyclic) bond motifs is 1. The van der Waals surface area contributed by atoms with Crippen LogP contribution in [0.2, 0.25) is 0 Å². The van der Waals surface area contributed by atoms with Crippen LogP contribution in [0.5, 0.6) is 0 Å². The zero-order valence-electron chi connectivity index (χ0n) is 13.3. The van der Waals surface area contributed by atoms with Crippen molar-refractivity contribution in [2.75, 3.05) is 26.2 Å². The van der Waals surface area contributed by atoms with E-state index in [1.54, 1.807) is 0 Å². The largest absolute Gasteiger partial charge is 0.339 e. The summed E-state index contributed by atoms with van der Waals surface area (Å²) in [6.45, 7) is 9.35. The molecule has 4 heteroatoms. The lowest BCUT2D eigenvalue weighted by molar-refractivity contribution is 0.0694. The smallest absolute Gasteiger partial charge is 0.270 e. The van der Waals surface area contributed by atoms with Gasteiger partial charge in [0.2, 0.25) is 0 Å². The van der Waals surface area contributed by atoms with Gasteiger partial charge >= 0.3 is 0 Å². The molecule has 0 aliphatic carbocycles. The van der Waals surface area contributed by atoms with Gasteiger partial charge < -0.3 is 14.8 Å². The van der Waals surface area contributed by atoms with Gasteiger partial charge in [0, 0.05) is 31.2 Å². The average Bonchev–Trinajstić information content (AvgIpc) is 2.92. The molecule has 4 nitrogen and oxygen atoms in total. The van der Waals surface area contributed by atoms with E-state index in [1.165, 1.54) is 18.5 Å². The standard InChI is InChI=1S/C17H27N3O/c1-13(2)7-10-19-11-12-20-15(3-4-16(20)17(19)21)14-5-8-18-9-6-14/h3-4,13-14,18H,5-12H2,1-2H3. The molecule has 0 aromatic carbocycles. The van der Waals surface area contributed by atoms with Crippen LogP contribution in [0.3, 0.4) is 0 Å². The Morgan fingerprint density at radius 2 is 2.00 bits per heavy atom. The number of hydrogen-bond acceptors (Lipinski definition) is 2. The highest BCUT2D eigenvalue weighted by Gasteiger charge is 2.28. The highest BCUT2D eigenvalue weighted by molar-refractivity contribution is 5.93. The van der Waals surface area contributed by atoms with Crippen LogP contribution in [-0.4, -0.2) is 41.6 Å². The van der Waals surface area contributed by atoms with Gasteiger partial charge in [0.25, 0.3) is 5.91 Å². The first kappa shape index (κ1) is 14.6. The normalized spacial score (nSPS) is 20.1. The summed E-state index contributed by atoms with van der Waals surface area (Å²) in [7, 11) is 0. The Labute approximate surface area is 127 Å². The number of rotatable bonds is 4. The fourth-order valence-electron chi connectivity index (χ4n) is 3.51. The topological polar surface area (TPSA) is 37.3 Å². The molecule has 21 heavy (non-hydrogen) atoms. The average molecular weight is 289 g/mol. The van der Waals surface area contributed by atoms with Gasteiger partial charge in [0.1, 0.15) is 5.69 Å². The first-order valence-electron chi connectivity index (χ1n) is 8.36. The van der Waals surface area contributed by atoms with E-state index in [4.69, 9.17) is 0 Å². The number of piperidine rings is 1. The van der Waals surface area contributed by atoms with Gasteiger partial charge in [0.05, 0.1) is 0 Å². The Hall–Kier alpha value is -1.29. The van der Waals surface area contributed by atoms with Crippen molar-refractivity contribution in [2.45, 2.75) is 45.6 Å². The maximum Gasteiger partial charge on any atom is 0.270 e. The van der Waals surface area contributed by atoms with Crippen molar-refractivity contribution in [3.8, 4) is 0 Å². The molecule has 1 N–H and O–H groups in total. The Morgan fingerprint density at radius 1 is 1.24 bits per heavy atom. The molecule has 2 aliphatic rings. The van der Waals surface area contributed by atoms with Gasteiger partial charge in [-0.15, -0.1) is 0 Å². The van der Waals surface area contributed by atoms with Gasteiger partial charge in [-0.25, -0.2) is 0 Å². The minimum Gasteiger partial charge on any atom is -0.339 e. The van der Waals surface area contributed by atoms with Crippen LogP contribution in [0.4, 0.5) is 0 Å². The molecule has 3 heterocycles. The Morgan fingerprint density at radius 3 is 2.71 bits per heavy atom. The fraction of sp³-hybridized carbons (Fsp3) is 0.706. The molecule has 0 bridgehead atoms. The predicted octanol–water partition coefficient (Wildman–Crippen LogP) is 2.46. The molecular formula is C17H27N3O. The second-order valence-electron chi connectivity index (χ2n) is 6.79. The second-order valence-corrected chi connectivity index (χ2v) is 6.79. The number of nitrogens with zero attached hydrogens (tertiary/aromatic N) is 2. The summed E-state index contributed by atoms with van der Waals surface area (Å²) in [6.07, 6.45) is 3.47. The number of hydrogen-bond donors (Lipinski definition) is 1. The molecule has 1 amide bonds. The summed E-state index contributed by atoms with van der Waals surface area (Å²) >= 11 is 0. The van der Waals surface area contributed by atoms with Crippen LogP contribution in [0.25, 0.3) is 0 Å².